The highest BCUT2D eigenvalue weighted by atomic mass is 16.5. The van der Waals surface area contributed by atoms with Crippen LogP contribution >= 0.6 is 0 Å². The zero-order valence-corrected chi connectivity index (χ0v) is 14.7. The van der Waals surface area contributed by atoms with Gasteiger partial charge in [-0.3, -0.25) is 9.78 Å². The Morgan fingerprint density at radius 2 is 2.16 bits per heavy atom. The van der Waals surface area contributed by atoms with Crippen molar-refractivity contribution >= 4 is 5.91 Å². The highest BCUT2D eigenvalue weighted by Gasteiger charge is 2.34. The third-order valence-electron chi connectivity index (χ3n) is 4.53. The van der Waals surface area contributed by atoms with Crippen molar-refractivity contribution in [3.8, 4) is 5.75 Å². The molecule has 132 valence electrons. The third-order valence-corrected chi connectivity index (χ3v) is 4.53. The van der Waals surface area contributed by atoms with E-state index in [1.807, 2.05) is 42.2 Å². The Kier molecular flexibility index (Phi) is 5.34. The molecule has 2 atom stereocenters. The van der Waals surface area contributed by atoms with Crippen molar-refractivity contribution in [3.63, 3.8) is 0 Å². The van der Waals surface area contributed by atoms with E-state index in [0.717, 1.165) is 36.3 Å². The Morgan fingerprint density at radius 3 is 2.92 bits per heavy atom. The van der Waals surface area contributed by atoms with Gasteiger partial charge in [0.1, 0.15) is 5.75 Å². The molecule has 2 unspecified atom stereocenters. The van der Waals surface area contributed by atoms with E-state index in [1.165, 1.54) is 0 Å². The van der Waals surface area contributed by atoms with Crippen LogP contribution in [0.25, 0.3) is 0 Å². The van der Waals surface area contributed by atoms with Crippen LogP contribution in [0.3, 0.4) is 0 Å². The molecule has 0 radical (unpaired) electrons. The maximum Gasteiger partial charge on any atom is 0.263 e. The van der Waals surface area contributed by atoms with Crippen LogP contribution in [0.2, 0.25) is 0 Å². The van der Waals surface area contributed by atoms with Gasteiger partial charge in [-0.05, 0) is 56.5 Å². The van der Waals surface area contributed by atoms with E-state index < -0.39 is 6.10 Å². The van der Waals surface area contributed by atoms with Gasteiger partial charge in [-0.2, -0.15) is 0 Å². The van der Waals surface area contributed by atoms with Gasteiger partial charge in [0, 0.05) is 12.2 Å². The Hall–Kier alpha value is -2.40. The average molecular weight is 340 g/mol. The molecule has 1 N–H and O–H groups in total. The van der Waals surface area contributed by atoms with Gasteiger partial charge in [0.05, 0.1) is 18.3 Å². The maximum atomic E-state index is 12.9. The van der Waals surface area contributed by atoms with E-state index in [0.29, 0.717) is 5.75 Å². The molecule has 25 heavy (non-hydrogen) atoms. The Balaban J connectivity index is 1.72. The van der Waals surface area contributed by atoms with Gasteiger partial charge in [0.15, 0.2) is 6.10 Å². The molecule has 0 aliphatic carbocycles. The first kappa shape index (κ1) is 17.4. The summed E-state index contributed by atoms with van der Waals surface area (Å²) >= 11 is 0. The summed E-state index contributed by atoms with van der Waals surface area (Å²) in [6.07, 6.45) is 1.31. The largest absolute Gasteiger partial charge is 0.481 e. The van der Waals surface area contributed by atoms with Crippen LogP contribution in [-0.4, -0.2) is 33.5 Å². The number of aromatic nitrogens is 1. The molecule has 2 aromatic rings. The molecule has 5 heteroatoms. The normalized spacial score (nSPS) is 18.2. The standard InChI is InChI=1S/C20H24N2O3/c1-14-6-3-9-18(21-14)19-10-5-11-22(19)20(24)15(2)25-17-8-4-7-16(12-17)13-23/h3-4,6-9,12,15,19,23H,5,10-11,13H2,1-2H3. The fraction of sp³-hybridized carbons (Fsp3) is 0.400. The number of rotatable bonds is 5. The number of hydrogen-bond donors (Lipinski definition) is 1. The molecule has 5 nitrogen and oxygen atoms in total. The lowest BCUT2D eigenvalue weighted by Gasteiger charge is -2.27. The molecule has 1 aromatic heterocycles. The molecule has 1 aliphatic rings. The molecule has 2 heterocycles. The van der Waals surface area contributed by atoms with Crippen molar-refractivity contribution < 1.29 is 14.6 Å². The number of aliphatic hydroxyl groups is 1. The number of amides is 1. The second-order valence-electron chi connectivity index (χ2n) is 6.46. The average Bonchev–Trinajstić information content (AvgIpc) is 3.11. The number of nitrogens with zero attached hydrogens (tertiary/aromatic N) is 2. The molecule has 1 amide bonds. The Labute approximate surface area is 148 Å². The number of pyridine rings is 1. The fourth-order valence-corrected chi connectivity index (χ4v) is 3.29. The van der Waals surface area contributed by atoms with Gasteiger partial charge in [0.25, 0.3) is 5.91 Å². The second kappa shape index (κ2) is 7.66. The second-order valence-corrected chi connectivity index (χ2v) is 6.46. The van der Waals surface area contributed by atoms with Gasteiger partial charge in [-0.15, -0.1) is 0 Å². The summed E-state index contributed by atoms with van der Waals surface area (Å²) in [5.74, 6) is 0.567. The molecule has 0 spiro atoms. The van der Waals surface area contributed by atoms with Crippen LogP contribution in [0.15, 0.2) is 42.5 Å². The molecule has 1 aliphatic heterocycles. The number of hydrogen-bond acceptors (Lipinski definition) is 4. The van der Waals surface area contributed by atoms with Gasteiger partial charge in [-0.25, -0.2) is 0 Å². The maximum absolute atomic E-state index is 12.9. The number of likely N-dealkylation sites (tertiary alicyclic amines) is 1. The predicted octanol–water partition coefficient (Wildman–Crippen LogP) is 3.01. The van der Waals surface area contributed by atoms with E-state index in [-0.39, 0.29) is 18.6 Å². The van der Waals surface area contributed by atoms with E-state index in [1.54, 1.807) is 19.1 Å². The number of ether oxygens (including phenoxy) is 1. The van der Waals surface area contributed by atoms with Gasteiger partial charge < -0.3 is 14.7 Å². The molecule has 0 saturated carbocycles. The molecular formula is C20H24N2O3. The van der Waals surface area contributed by atoms with Crippen molar-refractivity contribution in [1.29, 1.82) is 0 Å². The zero-order chi connectivity index (χ0) is 17.8. The third kappa shape index (κ3) is 3.99. The van der Waals surface area contributed by atoms with Crippen molar-refractivity contribution in [3.05, 3.63) is 59.4 Å². The first-order valence-electron chi connectivity index (χ1n) is 8.69. The van der Waals surface area contributed by atoms with Crippen LogP contribution in [0.5, 0.6) is 5.75 Å². The number of benzene rings is 1. The minimum atomic E-state index is -0.584. The molecule has 1 saturated heterocycles. The highest BCUT2D eigenvalue weighted by molar-refractivity contribution is 5.81. The van der Waals surface area contributed by atoms with Crippen LogP contribution in [-0.2, 0) is 11.4 Å². The summed E-state index contributed by atoms with van der Waals surface area (Å²) in [5.41, 5.74) is 2.67. The molecule has 3 rings (SSSR count). The summed E-state index contributed by atoms with van der Waals surface area (Å²) in [4.78, 5) is 19.4. The van der Waals surface area contributed by atoms with Crippen molar-refractivity contribution in [2.75, 3.05) is 6.54 Å². The first-order valence-corrected chi connectivity index (χ1v) is 8.69. The Morgan fingerprint density at radius 1 is 1.36 bits per heavy atom. The number of carbonyl (C=O) groups is 1. The van der Waals surface area contributed by atoms with E-state index in [9.17, 15) is 9.90 Å². The zero-order valence-electron chi connectivity index (χ0n) is 14.7. The first-order chi connectivity index (χ1) is 12.1. The molecule has 0 bridgehead atoms. The van der Waals surface area contributed by atoms with Crippen molar-refractivity contribution in [1.82, 2.24) is 9.88 Å². The summed E-state index contributed by atoms with van der Waals surface area (Å²) in [6, 6.07) is 13.1. The number of carbonyl (C=O) groups excluding carboxylic acids is 1. The lowest BCUT2D eigenvalue weighted by atomic mass is 10.1. The molecule has 1 aromatic carbocycles. The van der Waals surface area contributed by atoms with Crippen LogP contribution in [0, 0.1) is 6.92 Å². The van der Waals surface area contributed by atoms with E-state index in [2.05, 4.69) is 4.98 Å². The quantitative estimate of drug-likeness (QED) is 0.909. The summed E-state index contributed by atoms with van der Waals surface area (Å²) in [7, 11) is 0. The van der Waals surface area contributed by atoms with E-state index in [4.69, 9.17) is 4.74 Å². The monoisotopic (exact) mass is 340 g/mol. The van der Waals surface area contributed by atoms with Crippen molar-refractivity contribution in [2.24, 2.45) is 0 Å². The smallest absolute Gasteiger partial charge is 0.263 e. The number of aliphatic hydroxyl groups excluding tert-OH is 1. The molecular weight excluding hydrogens is 316 g/mol. The van der Waals surface area contributed by atoms with Crippen molar-refractivity contribution in [2.45, 2.75) is 45.4 Å². The molecule has 1 fully saturated rings. The number of aryl methyl sites for hydroxylation is 1. The lowest BCUT2D eigenvalue weighted by Crippen LogP contribution is -2.40. The van der Waals surface area contributed by atoms with Gasteiger partial charge in [-0.1, -0.05) is 18.2 Å². The van der Waals surface area contributed by atoms with E-state index >= 15 is 0 Å². The topological polar surface area (TPSA) is 62.7 Å². The predicted molar refractivity (Wildman–Crippen MR) is 95.1 cm³/mol. The summed E-state index contributed by atoms with van der Waals surface area (Å²) < 4.78 is 5.82. The van der Waals surface area contributed by atoms with Crippen LogP contribution in [0.1, 0.15) is 42.8 Å². The summed E-state index contributed by atoms with van der Waals surface area (Å²) in [5, 5.41) is 9.22. The van der Waals surface area contributed by atoms with Gasteiger partial charge in [0.2, 0.25) is 0 Å². The highest BCUT2D eigenvalue weighted by Crippen LogP contribution is 2.31. The lowest BCUT2D eigenvalue weighted by molar-refractivity contribution is -0.139. The van der Waals surface area contributed by atoms with Crippen LogP contribution < -0.4 is 4.74 Å². The van der Waals surface area contributed by atoms with Gasteiger partial charge >= 0.3 is 0 Å². The fourth-order valence-electron chi connectivity index (χ4n) is 3.29. The van der Waals surface area contributed by atoms with Crippen LogP contribution in [0.4, 0.5) is 0 Å². The SMILES string of the molecule is Cc1cccc(C2CCCN2C(=O)C(C)Oc2cccc(CO)c2)n1. The minimum Gasteiger partial charge on any atom is -0.481 e. The Bertz CT molecular complexity index is 747. The summed E-state index contributed by atoms with van der Waals surface area (Å²) in [6.45, 7) is 4.41. The minimum absolute atomic E-state index is 0.0160.